The van der Waals surface area contributed by atoms with Gasteiger partial charge in [-0.1, -0.05) is 35.5 Å². The van der Waals surface area contributed by atoms with Crippen LogP contribution in [0.5, 0.6) is 0 Å². The number of amides is 2. The van der Waals surface area contributed by atoms with Crippen LogP contribution in [0.1, 0.15) is 44.0 Å². The molecule has 2 N–H and O–H groups in total. The van der Waals surface area contributed by atoms with E-state index in [0.29, 0.717) is 24.7 Å². The lowest BCUT2D eigenvalue weighted by molar-refractivity contribution is -0.148. The van der Waals surface area contributed by atoms with Gasteiger partial charge in [-0.3, -0.25) is 9.59 Å². The first kappa shape index (κ1) is 21.4. The molecule has 2 fully saturated rings. The molecule has 0 saturated carbocycles. The van der Waals surface area contributed by atoms with E-state index in [9.17, 15) is 18.4 Å². The van der Waals surface area contributed by atoms with Crippen LogP contribution >= 0.6 is 0 Å². The Balaban J connectivity index is 1.38. The van der Waals surface area contributed by atoms with Gasteiger partial charge in [0.1, 0.15) is 6.04 Å². The van der Waals surface area contributed by atoms with Gasteiger partial charge in [0.25, 0.3) is 5.92 Å². The maximum absolute atomic E-state index is 13.6. The minimum Gasteiger partial charge on any atom is -0.337 e. The predicted molar refractivity (Wildman–Crippen MR) is 107 cm³/mol. The van der Waals surface area contributed by atoms with Crippen LogP contribution in [0.3, 0.4) is 0 Å². The number of alkyl halides is 2. The van der Waals surface area contributed by atoms with E-state index in [1.165, 1.54) is 0 Å². The van der Waals surface area contributed by atoms with Crippen LogP contribution in [-0.2, 0) is 9.59 Å². The van der Waals surface area contributed by atoms with E-state index < -0.39 is 24.9 Å². The van der Waals surface area contributed by atoms with Crippen molar-refractivity contribution in [3.63, 3.8) is 0 Å². The number of benzene rings is 1. The third-order valence-corrected chi connectivity index (χ3v) is 5.70. The molecule has 0 aliphatic carbocycles. The average Bonchev–Trinajstić information content (AvgIpc) is 3.40. The first-order chi connectivity index (χ1) is 14.8. The average molecular weight is 433 g/mol. The van der Waals surface area contributed by atoms with Crippen molar-refractivity contribution in [2.45, 2.75) is 50.1 Å². The van der Waals surface area contributed by atoms with Gasteiger partial charge < -0.3 is 20.1 Å². The van der Waals surface area contributed by atoms with Crippen LogP contribution in [0.15, 0.2) is 34.9 Å². The molecule has 0 radical (unpaired) electrons. The lowest BCUT2D eigenvalue weighted by Gasteiger charge is -2.34. The molecule has 2 atom stereocenters. The Kier molecular flexibility index (Phi) is 5.99. The summed E-state index contributed by atoms with van der Waals surface area (Å²) in [5.41, 5.74) is 6.87. The van der Waals surface area contributed by atoms with Gasteiger partial charge in [0.2, 0.25) is 23.5 Å². The van der Waals surface area contributed by atoms with E-state index in [2.05, 4.69) is 10.1 Å². The summed E-state index contributed by atoms with van der Waals surface area (Å²) in [4.78, 5) is 32.0. The molecule has 4 rings (SSSR count). The summed E-state index contributed by atoms with van der Waals surface area (Å²) in [6, 6.07) is 8.32. The van der Waals surface area contributed by atoms with Crippen LogP contribution in [0.4, 0.5) is 8.78 Å². The van der Waals surface area contributed by atoms with Gasteiger partial charge >= 0.3 is 0 Å². The van der Waals surface area contributed by atoms with E-state index in [1.807, 2.05) is 30.3 Å². The summed E-state index contributed by atoms with van der Waals surface area (Å²) in [5.74, 6) is -2.66. The SMILES string of the molecule is N[C@@H](CC(=O)N1CCC[C@H]1c1nc(-c2ccccc2)no1)CN1CC(F)(F)CCC1=O. The molecule has 0 spiro atoms. The highest BCUT2D eigenvalue weighted by atomic mass is 19.3. The third-order valence-electron chi connectivity index (χ3n) is 5.70. The van der Waals surface area contributed by atoms with E-state index in [-0.39, 0.29) is 37.2 Å². The number of hydrogen-bond acceptors (Lipinski definition) is 6. The van der Waals surface area contributed by atoms with Crippen molar-refractivity contribution in [3.8, 4) is 11.4 Å². The Hall–Kier alpha value is -2.88. The second-order valence-corrected chi connectivity index (χ2v) is 8.16. The zero-order chi connectivity index (χ0) is 22.0. The Morgan fingerprint density at radius 3 is 2.87 bits per heavy atom. The largest absolute Gasteiger partial charge is 0.337 e. The van der Waals surface area contributed by atoms with Gasteiger partial charge in [0.15, 0.2) is 0 Å². The van der Waals surface area contributed by atoms with Gasteiger partial charge in [-0.25, -0.2) is 8.78 Å². The number of carbonyl (C=O) groups is 2. The van der Waals surface area contributed by atoms with Crippen LogP contribution in [0, 0.1) is 0 Å². The number of hydrogen-bond donors (Lipinski definition) is 1. The normalized spacial score (nSPS) is 22.0. The lowest BCUT2D eigenvalue weighted by Crippen LogP contribution is -2.51. The van der Waals surface area contributed by atoms with E-state index in [4.69, 9.17) is 10.3 Å². The number of nitrogens with zero attached hydrogens (tertiary/aromatic N) is 4. The van der Waals surface area contributed by atoms with E-state index >= 15 is 0 Å². The number of piperidine rings is 1. The molecule has 2 aliphatic rings. The molecular formula is C21H25F2N5O3. The monoisotopic (exact) mass is 433 g/mol. The van der Waals surface area contributed by atoms with Crippen molar-refractivity contribution >= 4 is 11.8 Å². The number of rotatable bonds is 6. The number of halogens is 2. The fourth-order valence-electron chi connectivity index (χ4n) is 4.15. The molecule has 1 aromatic carbocycles. The number of carbonyl (C=O) groups excluding carboxylic acids is 2. The number of likely N-dealkylation sites (tertiary alicyclic amines) is 2. The molecule has 1 aromatic heterocycles. The highest BCUT2D eigenvalue weighted by Crippen LogP contribution is 2.33. The summed E-state index contributed by atoms with van der Waals surface area (Å²) in [7, 11) is 0. The molecule has 0 bridgehead atoms. The van der Waals surface area contributed by atoms with Gasteiger partial charge in [-0.05, 0) is 12.8 Å². The summed E-state index contributed by atoms with van der Waals surface area (Å²) >= 11 is 0. The van der Waals surface area contributed by atoms with E-state index in [0.717, 1.165) is 16.9 Å². The van der Waals surface area contributed by atoms with Gasteiger partial charge in [0, 0.05) is 44.0 Å². The Bertz CT molecular complexity index is 936. The zero-order valence-corrected chi connectivity index (χ0v) is 17.0. The van der Waals surface area contributed by atoms with E-state index in [1.54, 1.807) is 4.90 Å². The standard InChI is InChI=1S/C21H25F2N5O3/c22-21(23)9-8-17(29)27(13-21)12-15(24)11-18(30)28-10-4-7-16(28)20-25-19(26-31-20)14-5-2-1-3-6-14/h1-3,5-6,15-16H,4,7-13,24H2/t15-,16-/m0/s1. The predicted octanol–water partition coefficient (Wildman–Crippen LogP) is 2.38. The summed E-state index contributed by atoms with van der Waals surface area (Å²) in [6.07, 6.45) is 0.773. The molecule has 0 unspecified atom stereocenters. The van der Waals surface area contributed by atoms with Crippen LogP contribution in [-0.4, -0.2) is 63.4 Å². The maximum Gasteiger partial charge on any atom is 0.265 e. The van der Waals surface area contributed by atoms with Crippen molar-refractivity contribution < 1.29 is 22.9 Å². The molecule has 3 heterocycles. The molecule has 166 valence electrons. The third kappa shape index (κ3) is 4.90. The van der Waals surface area contributed by atoms with Crippen molar-refractivity contribution in [3.05, 3.63) is 36.2 Å². The summed E-state index contributed by atoms with van der Waals surface area (Å²) in [5, 5.41) is 4.02. The highest BCUT2D eigenvalue weighted by Gasteiger charge is 2.40. The molecular weight excluding hydrogens is 408 g/mol. The summed E-state index contributed by atoms with van der Waals surface area (Å²) in [6.45, 7) is -0.193. The molecule has 10 heteroatoms. The molecule has 2 saturated heterocycles. The summed E-state index contributed by atoms with van der Waals surface area (Å²) < 4.78 is 32.7. The number of aromatic nitrogens is 2. The second-order valence-electron chi connectivity index (χ2n) is 8.16. The molecule has 31 heavy (non-hydrogen) atoms. The van der Waals surface area contributed by atoms with Crippen LogP contribution in [0.25, 0.3) is 11.4 Å². The maximum atomic E-state index is 13.6. The Labute approximate surface area is 178 Å². The van der Waals surface area contributed by atoms with Gasteiger partial charge in [-0.15, -0.1) is 0 Å². The number of nitrogens with two attached hydrogens (primary N) is 1. The Morgan fingerprint density at radius 1 is 1.32 bits per heavy atom. The van der Waals surface area contributed by atoms with Crippen molar-refractivity contribution in [1.82, 2.24) is 19.9 Å². The topological polar surface area (TPSA) is 106 Å². The fourth-order valence-corrected chi connectivity index (χ4v) is 4.15. The molecule has 2 amide bonds. The Morgan fingerprint density at radius 2 is 2.10 bits per heavy atom. The van der Waals surface area contributed by atoms with Crippen molar-refractivity contribution in [2.24, 2.45) is 5.73 Å². The molecule has 2 aromatic rings. The van der Waals surface area contributed by atoms with Gasteiger partial charge in [0.05, 0.1) is 6.54 Å². The van der Waals surface area contributed by atoms with Crippen molar-refractivity contribution in [2.75, 3.05) is 19.6 Å². The quantitative estimate of drug-likeness (QED) is 0.750. The zero-order valence-electron chi connectivity index (χ0n) is 17.0. The second kappa shape index (κ2) is 8.70. The smallest absolute Gasteiger partial charge is 0.265 e. The minimum absolute atomic E-state index is 0.0501. The lowest BCUT2D eigenvalue weighted by atomic mass is 10.0. The van der Waals surface area contributed by atoms with Crippen LogP contribution < -0.4 is 5.73 Å². The first-order valence-electron chi connectivity index (χ1n) is 10.4. The fraction of sp³-hybridized carbons (Fsp3) is 0.524. The minimum atomic E-state index is -2.91. The first-order valence-corrected chi connectivity index (χ1v) is 10.4. The van der Waals surface area contributed by atoms with Gasteiger partial charge in [-0.2, -0.15) is 4.98 Å². The molecule has 2 aliphatic heterocycles. The molecule has 8 nitrogen and oxygen atoms in total. The van der Waals surface area contributed by atoms with Crippen LogP contribution in [0.2, 0.25) is 0 Å². The highest BCUT2D eigenvalue weighted by molar-refractivity contribution is 5.79. The van der Waals surface area contributed by atoms with Crippen molar-refractivity contribution in [1.29, 1.82) is 0 Å².